The summed E-state index contributed by atoms with van der Waals surface area (Å²) in [5.41, 5.74) is 0. The van der Waals surface area contributed by atoms with E-state index in [0.717, 1.165) is 0 Å². The molecule has 0 heterocycles. The maximum absolute atomic E-state index is 11.2. The summed E-state index contributed by atoms with van der Waals surface area (Å²) >= 11 is 0. The van der Waals surface area contributed by atoms with E-state index >= 15 is 0 Å². The number of hydrogen-bond acceptors (Lipinski definition) is 2. The number of nitrogens with one attached hydrogen (secondary N) is 1. The first-order valence-electron chi connectivity index (χ1n) is 4.03. The smallest absolute Gasteiger partial charge is 0.321 e. The van der Waals surface area contributed by atoms with E-state index in [4.69, 9.17) is 5.11 Å². The summed E-state index contributed by atoms with van der Waals surface area (Å²) in [6.07, 6.45) is 3.31. The Balaban J connectivity index is 3.85. The highest BCUT2D eigenvalue weighted by atomic mass is 16.3. The fourth-order valence-electron chi connectivity index (χ4n) is 0.770. The Morgan fingerprint density at radius 1 is 1.67 bits per heavy atom. The van der Waals surface area contributed by atoms with Crippen LogP contribution in [0.5, 0.6) is 0 Å². The summed E-state index contributed by atoms with van der Waals surface area (Å²) in [7, 11) is 0. The zero-order valence-corrected chi connectivity index (χ0v) is 7.58. The predicted octanol–water partition coefficient (Wildman–Crippen LogP) is 0.544. The summed E-state index contributed by atoms with van der Waals surface area (Å²) < 4.78 is 0. The van der Waals surface area contributed by atoms with Crippen molar-refractivity contribution in [3.05, 3.63) is 12.3 Å². The third-order valence-corrected chi connectivity index (χ3v) is 1.41. The van der Waals surface area contributed by atoms with E-state index in [9.17, 15) is 4.79 Å². The van der Waals surface area contributed by atoms with Gasteiger partial charge in [-0.3, -0.25) is 0 Å². The summed E-state index contributed by atoms with van der Waals surface area (Å²) in [4.78, 5) is 12.7. The number of urea groups is 1. The average Bonchev–Trinajstić information content (AvgIpc) is 2.10. The molecular formula is C8H16N2O2. The van der Waals surface area contributed by atoms with Crippen LogP contribution in [-0.2, 0) is 0 Å². The zero-order chi connectivity index (χ0) is 9.40. The highest BCUT2D eigenvalue weighted by Crippen LogP contribution is 1.87. The minimum atomic E-state index is -0.176. The van der Waals surface area contributed by atoms with Crippen molar-refractivity contribution < 1.29 is 9.90 Å². The first kappa shape index (κ1) is 11.0. The van der Waals surface area contributed by atoms with Crippen LogP contribution < -0.4 is 5.32 Å². The van der Waals surface area contributed by atoms with Crippen LogP contribution in [0, 0.1) is 0 Å². The molecule has 0 aliphatic carbocycles. The lowest BCUT2D eigenvalue weighted by Gasteiger charge is -2.18. The molecule has 0 aromatic rings. The molecule has 2 N–H and O–H groups in total. The Hall–Kier alpha value is -1.03. The highest BCUT2D eigenvalue weighted by molar-refractivity contribution is 5.75. The molecule has 0 radical (unpaired) electrons. The van der Waals surface area contributed by atoms with Crippen molar-refractivity contribution in [2.45, 2.75) is 13.8 Å². The summed E-state index contributed by atoms with van der Waals surface area (Å²) in [5, 5.41) is 11.2. The van der Waals surface area contributed by atoms with Gasteiger partial charge in [-0.2, -0.15) is 0 Å². The Bertz CT molecular complexity index is 157. The van der Waals surface area contributed by atoms with Gasteiger partial charge in [0, 0.05) is 19.3 Å². The number of carbonyl (C=O) groups is 1. The van der Waals surface area contributed by atoms with Crippen LogP contribution in [0.1, 0.15) is 13.8 Å². The monoisotopic (exact) mass is 172 g/mol. The molecule has 2 amide bonds. The van der Waals surface area contributed by atoms with Crippen LogP contribution in [0.25, 0.3) is 0 Å². The third-order valence-electron chi connectivity index (χ3n) is 1.41. The lowest BCUT2D eigenvalue weighted by Crippen LogP contribution is -2.39. The fourth-order valence-corrected chi connectivity index (χ4v) is 0.770. The Labute approximate surface area is 72.9 Å². The van der Waals surface area contributed by atoms with Crippen LogP contribution in [0.15, 0.2) is 12.3 Å². The van der Waals surface area contributed by atoms with E-state index in [-0.39, 0.29) is 12.6 Å². The molecule has 12 heavy (non-hydrogen) atoms. The van der Waals surface area contributed by atoms with Gasteiger partial charge in [-0.15, -0.1) is 0 Å². The minimum Gasteiger partial charge on any atom is -0.395 e. The van der Waals surface area contributed by atoms with Crippen LogP contribution in [0.3, 0.4) is 0 Å². The van der Waals surface area contributed by atoms with Gasteiger partial charge < -0.3 is 15.3 Å². The molecule has 4 nitrogen and oxygen atoms in total. The molecule has 0 aliphatic rings. The van der Waals surface area contributed by atoms with E-state index in [0.29, 0.717) is 13.1 Å². The number of amides is 2. The number of aliphatic hydroxyl groups is 1. The molecular weight excluding hydrogens is 156 g/mol. The highest BCUT2D eigenvalue weighted by Gasteiger charge is 2.07. The molecule has 70 valence electrons. The van der Waals surface area contributed by atoms with E-state index in [1.165, 1.54) is 4.90 Å². The van der Waals surface area contributed by atoms with Crippen molar-refractivity contribution in [2.24, 2.45) is 0 Å². The molecule has 0 saturated carbocycles. The molecule has 0 aromatic heterocycles. The number of aliphatic hydroxyl groups excluding tert-OH is 1. The molecule has 0 fully saturated rings. The van der Waals surface area contributed by atoms with Gasteiger partial charge >= 0.3 is 6.03 Å². The van der Waals surface area contributed by atoms with Crippen molar-refractivity contribution in [3.63, 3.8) is 0 Å². The second-order valence-electron chi connectivity index (χ2n) is 2.25. The molecule has 0 unspecified atom stereocenters. The maximum atomic E-state index is 11.2. The molecule has 0 aliphatic heterocycles. The van der Waals surface area contributed by atoms with E-state index < -0.39 is 0 Å². The lowest BCUT2D eigenvalue weighted by atomic mass is 10.5. The molecule has 0 atom stereocenters. The second kappa shape index (κ2) is 6.67. The van der Waals surface area contributed by atoms with Crippen molar-refractivity contribution in [3.8, 4) is 0 Å². The topological polar surface area (TPSA) is 52.6 Å². The standard InChI is InChI=1S/C8H16N2O2/c1-3-5-9-8(12)10(4-2)6-7-11/h3,5,11H,4,6-7H2,1-2H3,(H,9,12)/b5-3+. The van der Waals surface area contributed by atoms with Gasteiger partial charge in [0.15, 0.2) is 0 Å². The number of carbonyl (C=O) groups excluding carboxylic acids is 1. The van der Waals surface area contributed by atoms with Gasteiger partial charge in [-0.05, 0) is 13.8 Å². The Kier molecular flexibility index (Phi) is 6.09. The van der Waals surface area contributed by atoms with Crippen LogP contribution in [0.2, 0.25) is 0 Å². The lowest BCUT2D eigenvalue weighted by molar-refractivity contribution is 0.183. The predicted molar refractivity (Wildman–Crippen MR) is 47.7 cm³/mol. The van der Waals surface area contributed by atoms with Crippen molar-refractivity contribution in [1.29, 1.82) is 0 Å². The number of nitrogens with zero attached hydrogens (tertiary/aromatic N) is 1. The van der Waals surface area contributed by atoms with Gasteiger partial charge in [-0.25, -0.2) is 4.79 Å². The molecule has 0 bridgehead atoms. The van der Waals surface area contributed by atoms with Gasteiger partial charge in [0.05, 0.1) is 6.61 Å². The SMILES string of the molecule is C/C=C/NC(=O)N(CC)CCO. The van der Waals surface area contributed by atoms with Crippen LogP contribution in [-0.4, -0.2) is 35.7 Å². The van der Waals surface area contributed by atoms with Gasteiger partial charge in [0.25, 0.3) is 0 Å². The summed E-state index contributed by atoms with van der Waals surface area (Å²) in [6.45, 7) is 4.66. The molecule has 0 aromatic carbocycles. The largest absolute Gasteiger partial charge is 0.395 e. The molecule has 0 spiro atoms. The normalized spacial score (nSPS) is 10.2. The molecule has 0 rings (SSSR count). The Morgan fingerprint density at radius 2 is 2.33 bits per heavy atom. The number of likely N-dealkylation sites (N-methyl/N-ethyl adjacent to an activating group) is 1. The zero-order valence-electron chi connectivity index (χ0n) is 7.58. The summed E-state index contributed by atoms with van der Waals surface area (Å²) in [6, 6.07) is -0.176. The van der Waals surface area contributed by atoms with E-state index in [1.54, 1.807) is 12.3 Å². The first-order chi connectivity index (χ1) is 5.76. The van der Waals surface area contributed by atoms with E-state index in [2.05, 4.69) is 5.32 Å². The van der Waals surface area contributed by atoms with Gasteiger partial charge in [-0.1, -0.05) is 6.08 Å². The Morgan fingerprint density at radius 3 is 2.75 bits per heavy atom. The van der Waals surface area contributed by atoms with Crippen LogP contribution in [0.4, 0.5) is 4.79 Å². The summed E-state index contributed by atoms with van der Waals surface area (Å²) in [5.74, 6) is 0. The second-order valence-corrected chi connectivity index (χ2v) is 2.25. The quantitative estimate of drug-likeness (QED) is 0.650. The first-order valence-corrected chi connectivity index (χ1v) is 4.03. The number of hydrogen-bond donors (Lipinski definition) is 2. The van der Waals surface area contributed by atoms with Crippen molar-refractivity contribution in [2.75, 3.05) is 19.7 Å². The molecule has 0 saturated heterocycles. The van der Waals surface area contributed by atoms with Crippen molar-refractivity contribution in [1.82, 2.24) is 10.2 Å². The number of allylic oxidation sites excluding steroid dienone is 1. The van der Waals surface area contributed by atoms with Crippen LogP contribution >= 0.6 is 0 Å². The van der Waals surface area contributed by atoms with Gasteiger partial charge in [0.2, 0.25) is 0 Å². The third kappa shape index (κ3) is 3.98. The fraction of sp³-hybridized carbons (Fsp3) is 0.625. The number of rotatable bonds is 4. The minimum absolute atomic E-state index is 0.00288. The average molecular weight is 172 g/mol. The van der Waals surface area contributed by atoms with Crippen molar-refractivity contribution >= 4 is 6.03 Å². The van der Waals surface area contributed by atoms with Gasteiger partial charge in [0.1, 0.15) is 0 Å². The van der Waals surface area contributed by atoms with E-state index in [1.807, 2.05) is 13.8 Å². The molecule has 4 heteroatoms. The maximum Gasteiger partial charge on any atom is 0.321 e.